The maximum Gasteiger partial charge on any atom is 0.221 e. The minimum atomic E-state index is 0.584. The Morgan fingerprint density at radius 2 is 1.83 bits per heavy atom. The first-order chi connectivity index (χ1) is 11.8. The summed E-state index contributed by atoms with van der Waals surface area (Å²) in [7, 11) is 3.38. The quantitative estimate of drug-likeness (QED) is 0.253. The van der Waals surface area contributed by atoms with Gasteiger partial charge >= 0.3 is 0 Å². The van der Waals surface area contributed by atoms with Crippen LogP contribution in [-0.2, 0) is 0 Å². The van der Waals surface area contributed by atoms with Gasteiger partial charge < -0.3 is 4.74 Å². The molecule has 0 aliphatic rings. The van der Waals surface area contributed by atoms with Crippen molar-refractivity contribution in [3.63, 3.8) is 0 Å². The second-order valence-electron chi connectivity index (χ2n) is 4.73. The average Bonchev–Trinajstić information content (AvgIpc) is 3.27. The topological polar surface area (TPSA) is 21.6 Å². The highest BCUT2D eigenvalue weighted by Crippen LogP contribution is 2.35. The van der Waals surface area contributed by atoms with E-state index in [1.165, 1.54) is 9.77 Å². The number of benzene rings is 1. The predicted molar refractivity (Wildman–Crippen MR) is 110 cm³/mol. The molecule has 6 heteroatoms. The zero-order chi connectivity index (χ0) is 16.6. The van der Waals surface area contributed by atoms with Crippen molar-refractivity contribution >= 4 is 55.8 Å². The Labute approximate surface area is 157 Å². The van der Waals surface area contributed by atoms with Gasteiger partial charge in [0, 0.05) is 6.08 Å². The van der Waals surface area contributed by atoms with Crippen molar-refractivity contribution in [1.82, 2.24) is 0 Å². The van der Waals surface area contributed by atoms with Crippen LogP contribution in [0.3, 0.4) is 0 Å². The molecule has 0 unspecified atom stereocenters. The minimum Gasteiger partial charge on any atom is -0.428 e. The van der Waals surface area contributed by atoms with E-state index in [0.717, 1.165) is 10.8 Å². The number of aliphatic imine (C=N–C) groups is 1. The summed E-state index contributed by atoms with van der Waals surface area (Å²) in [5.74, 6) is 0.584. The van der Waals surface area contributed by atoms with Gasteiger partial charge in [0.2, 0.25) is 5.90 Å². The Hall–Kier alpha value is -1.47. The van der Waals surface area contributed by atoms with E-state index in [4.69, 9.17) is 4.74 Å². The first-order valence-electron chi connectivity index (χ1n) is 7.20. The molecule has 0 saturated heterocycles. The SMILES string of the molecule is Cc1ccc(N=C(/C=C/SSc2cccs2)Oc2cccs2)cc1. The fourth-order valence-electron chi connectivity index (χ4n) is 1.74. The summed E-state index contributed by atoms with van der Waals surface area (Å²) >= 11 is 3.29. The number of ether oxygens (including phenoxy) is 1. The van der Waals surface area contributed by atoms with Gasteiger partial charge in [0.1, 0.15) is 0 Å². The van der Waals surface area contributed by atoms with Crippen LogP contribution in [0.4, 0.5) is 5.69 Å². The molecule has 3 aromatic rings. The summed E-state index contributed by atoms with van der Waals surface area (Å²) < 4.78 is 7.17. The van der Waals surface area contributed by atoms with Crippen molar-refractivity contribution in [3.8, 4) is 5.06 Å². The molecule has 0 bridgehead atoms. The highest BCUT2D eigenvalue weighted by Gasteiger charge is 2.02. The van der Waals surface area contributed by atoms with E-state index in [0.29, 0.717) is 5.90 Å². The molecule has 3 rings (SSSR count). The van der Waals surface area contributed by atoms with E-state index in [1.54, 1.807) is 44.3 Å². The Balaban J connectivity index is 1.70. The molecule has 122 valence electrons. The number of thiophene rings is 2. The van der Waals surface area contributed by atoms with Crippen LogP contribution in [0.5, 0.6) is 5.06 Å². The fraction of sp³-hybridized carbons (Fsp3) is 0.0556. The molecular weight excluding hydrogens is 374 g/mol. The largest absolute Gasteiger partial charge is 0.428 e. The van der Waals surface area contributed by atoms with Crippen molar-refractivity contribution in [2.75, 3.05) is 0 Å². The van der Waals surface area contributed by atoms with Crippen LogP contribution in [0.15, 0.2) is 80.0 Å². The summed E-state index contributed by atoms with van der Waals surface area (Å²) in [5, 5.41) is 6.91. The summed E-state index contributed by atoms with van der Waals surface area (Å²) in [6, 6.07) is 16.2. The standard InChI is InChI=1S/C18H15NOS4/c1-14-6-8-15(9-7-14)19-16(20-17-4-2-11-21-17)10-13-23-24-18-5-3-12-22-18/h2-13H,1H3/b13-10+,19-16?. The monoisotopic (exact) mass is 389 g/mol. The third-order valence-electron chi connectivity index (χ3n) is 2.86. The first kappa shape index (κ1) is 17.4. The van der Waals surface area contributed by atoms with E-state index < -0.39 is 0 Å². The van der Waals surface area contributed by atoms with Gasteiger partial charge in [-0.05, 0) is 64.2 Å². The van der Waals surface area contributed by atoms with Gasteiger partial charge in [0.05, 0.1) is 9.90 Å². The van der Waals surface area contributed by atoms with Crippen LogP contribution in [0.1, 0.15) is 5.56 Å². The van der Waals surface area contributed by atoms with E-state index in [2.05, 4.69) is 29.4 Å². The summed E-state index contributed by atoms with van der Waals surface area (Å²) in [6.45, 7) is 2.06. The lowest BCUT2D eigenvalue weighted by Crippen LogP contribution is -2.03. The van der Waals surface area contributed by atoms with Gasteiger partial charge in [-0.15, -0.1) is 22.7 Å². The Kier molecular flexibility index (Phi) is 6.60. The van der Waals surface area contributed by atoms with E-state index >= 15 is 0 Å². The predicted octanol–water partition coefficient (Wildman–Crippen LogP) is 7.18. The maximum atomic E-state index is 5.89. The lowest BCUT2D eigenvalue weighted by atomic mass is 10.2. The number of aryl methyl sites for hydroxylation is 1. The molecule has 0 fully saturated rings. The lowest BCUT2D eigenvalue weighted by molar-refractivity contribution is 0.572. The van der Waals surface area contributed by atoms with Gasteiger partial charge in [-0.1, -0.05) is 34.6 Å². The van der Waals surface area contributed by atoms with Crippen molar-refractivity contribution in [3.05, 3.63) is 76.3 Å². The molecule has 24 heavy (non-hydrogen) atoms. The Morgan fingerprint density at radius 1 is 1.04 bits per heavy atom. The van der Waals surface area contributed by atoms with E-state index in [-0.39, 0.29) is 0 Å². The van der Waals surface area contributed by atoms with Crippen LogP contribution >= 0.6 is 44.3 Å². The molecule has 0 aliphatic heterocycles. The van der Waals surface area contributed by atoms with Crippen LogP contribution in [0, 0.1) is 6.92 Å². The third kappa shape index (κ3) is 5.56. The second kappa shape index (κ2) is 9.13. The van der Waals surface area contributed by atoms with Crippen molar-refractivity contribution < 1.29 is 4.74 Å². The maximum absolute atomic E-state index is 5.89. The molecule has 0 N–H and O–H groups in total. The molecule has 0 amide bonds. The van der Waals surface area contributed by atoms with E-state index in [9.17, 15) is 0 Å². The zero-order valence-electron chi connectivity index (χ0n) is 12.9. The molecule has 2 aromatic heterocycles. The third-order valence-corrected chi connectivity index (χ3v) is 6.93. The van der Waals surface area contributed by atoms with Crippen LogP contribution in [0.25, 0.3) is 0 Å². The summed E-state index contributed by atoms with van der Waals surface area (Å²) in [4.78, 5) is 4.60. The zero-order valence-corrected chi connectivity index (χ0v) is 16.2. The second-order valence-corrected chi connectivity index (χ2v) is 9.00. The fourth-order valence-corrected chi connectivity index (χ4v) is 5.04. The highest BCUT2D eigenvalue weighted by atomic mass is 33.1. The number of rotatable bonds is 6. The van der Waals surface area contributed by atoms with Gasteiger partial charge in [-0.2, -0.15) is 0 Å². The Bertz CT molecular complexity index is 790. The van der Waals surface area contributed by atoms with Crippen LogP contribution < -0.4 is 4.74 Å². The van der Waals surface area contributed by atoms with Crippen molar-refractivity contribution in [1.29, 1.82) is 0 Å². The summed E-state index contributed by atoms with van der Waals surface area (Å²) in [5.41, 5.74) is 2.10. The molecule has 0 saturated carbocycles. The van der Waals surface area contributed by atoms with Crippen molar-refractivity contribution in [2.45, 2.75) is 11.1 Å². The number of nitrogens with zero attached hydrogens (tertiary/aromatic N) is 1. The van der Waals surface area contributed by atoms with Gasteiger partial charge in [0.15, 0.2) is 5.06 Å². The smallest absolute Gasteiger partial charge is 0.221 e. The average molecular weight is 390 g/mol. The Morgan fingerprint density at radius 3 is 2.54 bits per heavy atom. The molecule has 2 nitrogen and oxygen atoms in total. The van der Waals surface area contributed by atoms with Crippen molar-refractivity contribution in [2.24, 2.45) is 4.99 Å². The van der Waals surface area contributed by atoms with Gasteiger partial charge in [-0.3, -0.25) is 0 Å². The lowest BCUT2D eigenvalue weighted by Gasteiger charge is -2.03. The molecule has 0 spiro atoms. The highest BCUT2D eigenvalue weighted by molar-refractivity contribution is 8.78. The minimum absolute atomic E-state index is 0.584. The molecule has 0 aliphatic carbocycles. The molecule has 0 radical (unpaired) electrons. The first-order valence-corrected chi connectivity index (χ1v) is 11.2. The molecule has 0 atom stereocenters. The molecule has 1 aromatic carbocycles. The number of hydrogen-bond donors (Lipinski definition) is 0. The summed E-state index contributed by atoms with van der Waals surface area (Å²) in [6.07, 6.45) is 1.91. The normalized spacial score (nSPS) is 12.0. The van der Waals surface area contributed by atoms with Gasteiger partial charge in [0.25, 0.3) is 0 Å². The van der Waals surface area contributed by atoms with E-state index in [1.807, 2.05) is 53.3 Å². The molecule has 2 heterocycles. The van der Waals surface area contributed by atoms with Gasteiger partial charge in [-0.25, -0.2) is 4.99 Å². The molecular formula is C18H15NOS4. The van der Waals surface area contributed by atoms with Crippen LogP contribution in [0.2, 0.25) is 0 Å². The number of hydrogen-bond acceptors (Lipinski definition) is 6. The van der Waals surface area contributed by atoms with Crippen LogP contribution in [-0.4, -0.2) is 5.90 Å².